The minimum Gasteiger partial charge on any atom is -0.451 e. The number of esters is 1. The predicted molar refractivity (Wildman–Crippen MR) is 79.1 cm³/mol. The summed E-state index contributed by atoms with van der Waals surface area (Å²) >= 11 is 1.51. The van der Waals surface area contributed by atoms with Gasteiger partial charge in [-0.05, 0) is 43.2 Å². The Balaban J connectivity index is 1.82. The Morgan fingerprint density at radius 1 is 1.35 bits per heavy atom. The zero-order chi connectivity index (χ0) is 14.5. The summed E-state index contributed by atoms with van der Waals surface area (Å²) in [5, 5.41) is 2.73. The molecule has 20 heavy (non-hydrogen) atoms. The number of rotatable bonds is 5. The number of carbonyl (C=O) groups is 2. The van der Waals surface area contributed by atoms with E-state index < -0.39 is 0 Å². The van der Waals surface area contributed by atoms with Gasteiger partial charge >= 0.3 is 5.97 Å². The molecule has 5 heteroatoms. The first-order chi connectivity index (χ1) is 9.56. The molecule has 0 radical (unpaired) electrons. The lowest BCUT2D eigenvalue weighted by atomic mass is 9.99. The van der Waals surface area contributed by atoms with Crippen LogP contribution in [0.5, 0.6) is 0 Å². The van der Waals surface area contributed by atoms with Crippen molar-refractivity contribution in [1.82, 2.24) is 5.32 Å². The molecule has 0 spiro atoms. The van der Waals surface area contributed by atoms with Crippen LogP contribution in [0.25, 0.3) is 0 Å². The van der Waals surface area contributed by atoms with Gasteiger partial charge in [0.15, 0.2) is 6.61 Å². The molecule has 1 N–H and O–H groups in total. The molecule has 1 aromatic heterocycles. The van der Waals surface area contributed by atoms with Gasteiger partial charge in [-0.1, -0.05) is 13.8 Å². The summed E-state index contributed by atoms with van der Waals surface area (Å²) in [6, 6.07) is 1.92. The highest BCUT2D eigenvalue weighted by molar-refractivity contribution is 7.14. The molecule has 110 valence electrons. The predicted octanol–water partition coefficient (Wildman–Crippen LogP) is 2.56. The standard InChI is InChI=1S/C15H21NO3S/c1-10(2)8-16-14(17)9-19-15(18)13-7-11-5-3-4-6-12(11)20-13/h7,10H,3-6,8-9H2,1-2H3,(H,16,17). The van der Waals surface area contributed by atoms with Crippen LogP contribution in [-0.2, 0) is 22.4 Å². The van der Waals surface area contributed by atoms with E-state index in [1.807, 2.05) is 19.9 Å². The largest absolute Gasteiger partial charge is 0.451 e. The van der Waals surface area contributed by atoms with E-state index in [2.05, 4.69) is 5.32 Å². The van der Waals surface area contributed by atoms with Crippen LogP contribution in [0.4, 0.5) is 0 Å². The lowest BCUT2D eigenvalue weighted by molar-refractivity contribution is -0.124. The second-order valence-corrected chi connectivity index (χ2v) is 6.68. The first-order valence-corrected chi connectivity index (χ1v) is 7.93. The van der Waals surface area contributed by atoms with Crippen molar-refractivity contribution in [1.29, 1.82) is 0 Å². The van der Waals surface area contributed by atoms with Gasteiger partial charge in [0.05, 0.1) is 0 Å². The molecule has 1 amide bonds. The highest BCUT2D eigenvalue weighted by Gasteiger charge is 2.18. The topological polar surface area (TPSA) is 55.4 Å². The Kier molecular flexibility index (Phi) is 5.17. The summed E-state index contributed by atoms with van der Waals surface area (Å²) in [4.78, 5) is 25.3. The quantitative estimate of drug-likeness (QED) is 0.849. The Bertz CT molecular complexity index is 470. The molecule has 0 atom stereocenters. The van der Waals surface area contributed by atoms with E-state index in [0.29, 0.717) is 17.3 Å². The number of ether oxygens (including phenoxy) is 1. The molecule has 0 saturated heterocycles. The fraction of sp³-hybridized carbons (Fsp3) is 0.600. The first kappa shape index (κ1) is 15.0. The maximum absolute atomic E-state index is 11.9. The molecule has 0 bridgehead atoms. The van der Waals surface area contributed by atoms with E-state index in [1.165, 1.54) is 34.6 Å². The smallest absolute Gasteiger partial charge is 0.348 e. The van der Waals surface area contributed by atoms with Crippen molar-refractivity contribution in [3.05, 3.63) is 21.4 Å². The first-order valence-electron chi connectivity index (χ1n) is 7.11. The van der Waals surface area contributed by atoms with Crippen LogP contribution in [-0.4, -0.2) is 25.0 Å². The Labute approximate surface area is 123 Å². The van der Waals surface area contributed by atoms with E-state index in [9.17, 15) is 9.59 Å². The van der Waals surface area contributed by atoms with Crippen molar-refractivity contribution in [2.75, 3.05) is 13.2 Å². The molecule has 1 aliphatic carbocycles. The fourth-order valence-corrected chi connectivity index (χ4v) is 3.31. The van der Waals surface area contributed by atoms with E-state index in [-0.39, 0.29) is 18.5 Å². The number of thiophene rings is 1. The van der Waals surface area contributed by atoms with Gasteiger partial charge in [-0.25, -0.2) is 4.79 Å². The third-order valence-electron chi connectivity index (χ3n) is 3.24. The molecule has 0 saturated carbocycles. The van der Waals surface area contributed by atoms with Gasteiger partial charge in [0.1, 0.15) is 4.88 Å². The Morgan fingerprint density at radius 3 is 2.80 bits per heavy atom. The van der Waals surface area contributed by atoms with Crippen LogP contribution in [0.15, 0.2) is 6.07 Å². The number of aryl methyl sites for hydroxylation is 2. The zero-order valence-corrected chi connectivity index (χ0v) is 12.8. The minimum absolute atomic E-state index is 0.200. The molecule has 2 rings (SSSR count). The molecule has 0 fully saturated rings. The summed E-state index contributed by atoms with van der Waals surface area (Å²) in [6.45, 7) is 4.43. The van der Waals surface area contributed by atoms with Crippen molar-refractivity contribution in [3.8, 4) is 0 Å². The molecule has 4 nitrogen and oxygen atoms in total. The molecule has 0 aromatic carbocycles. The number of amides is 1. The highest BCUT2D eigenvalue weighted by atomic mass is 32.1. The van der Waals surface area contributed by atoms with Crippen LogP contribution in [0, 0.1) is 5.92 Å². The van der Waals surface area contributed by atoms with Crippen molar-refractivity contribution >= 4 is 23.2 Å². The van der Waals surface area contributed by atoms with Crippen LogP contribution < -0.4 is 5.32 Å². The summed E-state index contributed by atoms with van der Waals surface area (Å²) in [5.41, 5.74) is 1.28. The molecule has 1 aliphatic rings. The third-order valence-corrected chi connectivity index (χ3v) is 4.46. The Hall–Kier alpha value is -1.36. The average molecular weight is 295 g/mol. The number of fused-ring (bicyclic) bond motifs is 1. The highest BCUT2D eigenvalue weighted by Crippen LogP contribution is 2.29. The average Bonchev–Trinajstić information content (AvgIpc) is 2.86. The lowest BCUT2D eigenvalue weighted by Crippen LogP contribution is -2.31. The van der Waals surface area contributed by atoms with Gasteiger partial charge in [0.25, 0.3) is 5.91 Å². The third kappa shape index (κ3) is 4.07. The van der Waals surface area contributed by atoms with Crippen LogP contribution in [0.2, 0.25) is 0 Å². The van der Waals surface area contributed by atoms with Crippen molar-refractivity contribution in [2.45, 2.75) is 39.5 Å². The van der Waals surface area contributed by atoms with E-state index in [0.717, 1.165) is 12.8 Å². The fourth-order valence-electron chi connectivity index (χ4n) is 2.16. The molecule has 1 aromatic rings. The summed E-state index contributed by atoms with van der Waals surface area (Å²) in [7, 11) is 0. The number of nitrogens with one attached hydrogen (secondary N) is 1. The van der Waals surface area contributed by atoms with Crippen molar-refractivity contribution in [2.24, 2.45) is 5.92 Å². The second-order valence-electron chi connectivity index (χ2n) is 5.54. The normalized spacial score (nSPS) is 13.9. The SMILES string of the molecule is CC(C)CNC(=O)COC(=O)c1cc2c(s1)CCCC2. The summed E-state index contributed by atoms with van der Waals surface area (Å²) in [6.07, 6.45) is 4.49. The van der Waals surface area contributed by atoms with E-state index >= 15 is 0 Å². The van der Waals surface area contributed by atoms with Gasteiger partial charge in [-0.3, -0.25) is 4.79 Å². The number of hydrogen-bond acceptors (Lipinski definition) is 4. The molecule has 1 heterocycles. The van der Waals surface area contributed by atoms with Crippen LogP contribution in [0.3, 0.4) is 0 Å². The minimum atomic E-state index is -0.385. The second kappa shape index (κ2) is 6.88. The van der Waals surface area contributed by atoms with Gasteiger partial charge in [-0.15, -0.1) is 11.3 Å². The summed E-state index contributed by atoms with van der Waals surface area (Å²) < 4.78 is 5.06. The van der Waals surface area contributed by atoms with Crippen LogP contribution in [0.1, 0.15) is 46.8 Å². The molecule has 0 aliphatic heterocycles. The monoisotopic (exact) mass is 295 g/mol. The van der Waals surface area contributed by atoms with Crippen LogP contribution >= 0.6 is 11.3 Å². The van der Waals surface area contributed by atoms with Gasteiger partial charge in [0.2, 0.25) is 0 Å². The zero-order valence-electron chi connectivity index (χ0n) is 12.0. The summed E-state index contributed by atoms with van der Waals surface area (Å²) in [5.74, 6) is -0.240. The maximum atomic E-state index is 11.9. The van der Waals surface area contributed by atoms with Gasteiger partial charge in [0, 0.05) is 11.4 Å². The van der Waals surface area contributed by atoms with Gasteiger partial charge < -0.3 is 10.1 Å². The lowest BCUT2D eigenvalue weighted by Gasteiger charge is -2.08. The van der Waals surface area contributed by atoms with Crippen molar-refractivity contribution in [3.63, 3.8) is 0 Å². The maximum Gasteiger partial charge on any atom is 0.348 e. The molecular formula is C15H21NO3S. The molecular weight excluding hydrogens is 274 g/mol. The van der Waals surface area contributed by atoms with E-state index in [1.54, 1.807) is 0 Å². The van der Waals surface area contributed by atoms with Gasteiger partial charge in [-0.2, -0.15) is 0 Å². The number of carbonyl (C=O) groups excluding carboxylic acids is 2. The Morgan fingerprint density at radius 2 is 2.10 bits per heavy atom. The number of hydrogen-bond donors (Lipinski definition) is 1. The molecule has 0 unspecified atom stereocenters. The van der Waals surface area contributed by atoms with Crippen molar-refractivity contribution < 1.29 is 14.3 Å². The van der Waals surface area contributed by atoms with E-state index in [4.69, 9.17) is 4.74 Å².